The van der Waals surface area contributed by atoms with Crippen molar-refractivity contribution < 1.29 is 14.3 Å². The quantitative estimate of drug-likeness (QED) is 0.153. The van der Waals surface area contributed by atoms with Gasteiger partial charge >= 0.3 is 5.97 Å². The standard InChI is InChI=1S/C36H29N3O3/c1-3-42-36(41)28-19-21-30(22-20-28)38-33(26-13-7-4-8-14-26)24-29(34(38)27-15-9-5-10-16-27)23-32-25(2)37-39(35(32)40)31-17-11-6-12-18-31/h4-24H,3H2,1-2H3/b32-23-. The van der Waals surface area contributed by atoms with E-state index in [0.29, 0.717) is 23.5 Å². The van der Waals surface area contributed by atoms with Crippen LogP contribution >= 0.6 is 0 Å². The highest BCUT2D eigenvalue weighted by Gasteiger charge is 2.30. The van der Waals surface area contributed by atoms with Crippen LogP contribution < -0.4 is 5.01 Å². The van der Waals surface area contributed by atoms with Gasteiger partial charge < -0.3 is 9.30 Å². The average Bonchev–Trinajstić information content (AvgIpc) is 3.55. The lowest BCUT2D eigenvalue weighted by Crippen LogP contribution is -2.21. The van der Waals surface area contributed by atoms with Crippen molar-refractivity contribution in [3.05, 3.63) is 138 Å². The van der Waals surface area contributed by atoms with Crippen molar-refractivity contribution in [2.24, 2.45) is 5.10 Å². The second-order valence-electron chi connectivity index (χ2n) is 9.86. The molecule has 0 unspecified atom stereocenters. The largest absolute Gasteiger partial charge is 0.462 e. The number of para-hydroxylation sites is 1. The SMILES string of the molecule is CCOC(=O)c1ccc(-n2c(-c3ccccc3)cc(/C=C3\C(=O)N(c4ccccc4)N=C3C)c2-c2ccccc2)cc1. The fourth-order valence-electron chi connectivity index (χ4n) is 5.17. The maximum atomic E-state index is 13.6. The van der Waals surface area contributed by atoms with Crippen LogP contribution in [0.4, 0.5) is 5.69 Å². The highest BCUT2D eigenvalue weighted by atomic mass is 16.5. The van der Waals surface area contributed by atoms with Gasteiger partial charge in [0.15, 0.2) is 0 Å². The normalized spacial score (nSPS) is 13.9. The first-order valence-corrected chi connectivity index (χ1v) is 13.9. The molecule has 0 saturated carbocycles. The first-order chi connectivity index (χ1) is 20.5. The van der Waals surface area contributed by atoms with Crippen LogP contribution in [-0.2, 0) is 9.53 Å². The van der Waals surface area contributed by atoms with Gasteiger partial charge in [-0.05, 0) is 73.5 Å². The number of aromatic nitrogens is 1. The molecule has 6 rings (SSSR count). The highest BCUT2D eigenvalue weighted by molar-refractivity contribution is 6.32. The Hall–Kier alpha value is -5.49. The molecule has 4 aromatic carbocycles. The molecular formula is C36H29N3O3. The van der Waals surface area contributed by atoms with Crippen molar-refractivity contribution >= 4 is 29.4 Å². The van der Waals surface area contributed by atoms with Gasteiger partial charge in [-0.1, -0.05) is 78.9 Å². The Morgan fingerprint density at radius 2 is 1.38 bits per heavy atom. The minimum Gasteiger partial charge on any atom is -0.462 e. The molecule has 1 aliphatic rings. The summed E-state index contributed by atoms with van der Waals surface area (Å²) in [5.74, 6) is -0.531. The number of amides is 1. The van der Waals surface area contributed by atoms with E-state index in [1.54, 1.807) is 19.1 Å². The van der Waals surface area contributed by atoms with Crippen molar-refractivity contribution in [1.82, 2.24) is 4.57 Å². The summed E-state index contributed by atoms with van der Waals surface area (Å²) in [6.07, 6.45) is 1.93. The lowest BCUT2D eigenvalue weighted by Gasteiger charge is -2.16. The monoisotopic (exact) mass is 551 g/mol. The third-order valence-corrected chi connectivity index (χ3v) is 7.15. The Kier molecular flexibility index (Phi) is 7.35. The fraction of sp³-hybridized carbons (Fsp3) is 0.0833. The van der Waals surface area contributed by atoms with Gasteiger partial charge in [-0.25, -0.2) is 4.79 Å². The van der Waals surface area contributed by atoms with Gasteiger partial charge in [0.25, 0.3) is 5.91 Å². The molecule has 0 fully saturated rings. The molecule has 0 bridgehead atoms. The molecule has 6 heteroatoms. The zero-order valence-corrected chi connectivity index (χ0v) is 23.4. The first kappa shape index (κ1) is 26.7. The molecule has 6 nitrogen and oxygen atoms in total. The van der Waals surface area contributed by atoms with Crippen LogP contribution in [0.15, 0.2) is 132 Å². The van der Waals surface area contributed by atoms with Crippen molar-refractivity contribution in [2.45, 2.75) is 13.8 Å². The summed E-state index contributed by atoms with van der Waals surface area (Å²) >= 11 is 0. The molecule has 0 N–H and O–H groups in total. The van der Waals surface area contributed by atoms with E-state index in [4.69, 9.17) is 4.74 Å². The molecule has 206 valence electrons. The molecule has 42 heavy (non-hydrogen) atoms. The minimum absolute atomic E-state index is 0.175. The van der Waals surface area contributed by atoms with Gasteiger partial charge in [0.05, 0.1) is 40.5 Å². The first-order valence-electron chi connectivity index (χ1n) is 13.9. The van der Waals surface area contributed by atoms with E-state index >= 15 is 0 Å². The third kappa shape index (κ3) is 5.06. The number of nitrogens with zero attached hydrogens (tertiary/aromatic N) is 3. The predicted octanol–water partition coefficient (Wildman–Crippen LogP) is 7.79. The number of ether oxygens (including phenoxy) is 1. The molecule has 0 aliphatic carbocycles. The zero-order valence-electron chi connectivity index (χ0n) is 23.4. The summed E-state index contributed by atoms with van der Waals surface area (Å²) < 4.78 is 7.37. The maximum Gasteiger partial charge on any atom is 0.338 e. The second-order valence-corrected chi connectivity index (χ2v) is 9.86. The Morgan fingerprint density at radius 3 is 2.00 bits per heavy atom. The number of esters is 1. The fourth-order valence-corrected chi connectivity index (χ4v) is 5.17. The smallest absolute Gasteiger partial charge is 0.338 e. The Balaban J connectivity index is 1.55. The number of anilines is 1. The van der Waals surface area contributed by atoms with Crippen LogP contribution in [0.2, 0.25) is 0 Å². The van der Waals surface area contributed by atoms with E-state index in [0.717, 1.165) is 39.5 Å². The molecule has 0 atom stereocenters. The summed E-state index contributed by atoms with van der Waals surface area (Å²) in [6.45, 7) is 3.97. The number of benzene rings is 4. The molecule has 1 aromatic heterocycles. The Morgan fingerprint density at radius 1 is 0.786 bits per heavy atom. The van der Waals surface area contributed by atoms with E-state index in [2.05, 4.69) is 40.0 Å². The van der Waals surface area contributed by atoms with E-state index in [1.165, 1.54) is 5.01 Å². The van der Waals surface area contributed by atoms with Crippen LogP contribution in [0.1, 0.15) is 29.8 Å². The molecule has 1 amide bonds. The minimum atomic E-state index is -0.356. The van der Waals surface area contributed by atoms with Crippen molar-refractivity contribution in [2.75, 3.05) is 11.6 Å². The molecule has 0 spiro atoms. The molecule has 1 aliphatic heterocycles. The summed E-state index contributed by atoms with van der Waals surface area (Å²) in [5.41, 5.74) is 8.02. The van der Waals surface area contributed by atoms with Gasteiger partial charge in [-0.3, -0.25) is 4.79 Å². The topological polar surface area (TPSA) is 63.9 Å². The van der Waals surface area contributed by atoms with Gasteiger partial charge in [-0.15, -0.1) is 0 Å². The summed E-state index contributed by atoms with van der Waals surface area (Å²) in [5, 5.41) is 6.04. The van der Waals surface area contributed by atoms with Gasteiger partial charge in [0, 0.05) is 11.3 Å². The number of rotatable bonds is 7. The van der Waals surface area contributed by atoms with Gasteiger partial charge in [0.2, 0.25) is 0 Å². The summed E-state index contributed by atoms with van der Waals surface area (Å²) in [6, 6.07) is 39.2. The Labute approximate surface area is 244 Å². The molecule has 0 radical (unpaired) electrons. The van der Waals surface area contributed by atoms with Gasteiger partial charge in [0.1, 0.15) is 0 Å². The van der Waals surface area contributed by atoms with Gasteiger partial charge in [-0.2, -0.15) is 10.1 Å². The van der Waals surface area contributed by atoms with Crippen LogP contribution in [0.3, 0.4) is 0 Å². The molecular weight excluding hydrogens is 522 g/mol. The van der Waals surface area contributed by atoms with Crippen LogP contribution in [0.25, 0.3) is 34.3 Å². The highest BCUT2D eigenvalue weighted by Crippen LogP contribution is 2.38. The number of carbonyl (C=O) groups excluding carboxylic acids is 2. The Bertz CT molecular complexity index is 1800. The van der Waals surface area contributed by atoms with Crippen LogP contribution in [0.5, 0.6) is 0 Å². The van der Waals surface area contributed by atoms with E-state index < -0.39 is 0 Å². The number of carbonyl (C=O) groups is 2. The molecule has 2 heterocycles. The molecule has 0 saturated heterocycles. The zero-order chi connectivity index (χ0) is 29.1. The summed E-state index contributed by atoms with van der Waals surface area (Å²) in [7, 11) is 0. The average molecular weight is 552 g/mol. The van der Waals surface area contributed by atoms with E-state index in [1.807, 2.05) is 91.9 Å². The van der Waals surface area contributed by atoms with E-state index in [9.17, 15) is 9.59 Å². The third-order valence-electron chi connectivity index (χ3n) is 7.15. The summed E-state index contributed by atoms with van der Waals surface area (Å²) in [4.78, 5) is 26.0. The lowest BCUT2D eigenvalue weighted by atomic mass is 10.0. The number of hydrogen-bond acceptors (Lipinski definition) is 4. The maximum absolute atomic E-state index is 13.6. The van der Waals surface area contributed by atoms with Crippen LogP contribution in [0, 0.1) is 0 Å². The van der Waals surface area contributed by atoms with E-state index in [-0.39, 0.29) is 11.9 Å². The number of hydrogen-bond donors (Lipinski definition) is 0. The molecule has 5 aromatic rings. The van der Waals surface area contributed by atoms with Crippen LogP contribution in [-0.4, -0.2) is 28.8 Å². The lowest BCUT2D eigenvalue weighted by molar-refractivity contribution is -0.114. The number of hydrazone groups is 1. The van der Waals surface area contributed by atoms with Crippen molar-refractivity contribution in [1.29, 1.82) is 0 Å². The van der Waals surface area contributed by atoms with Crippen molar-refractivity contribution in [3.8, 4) is 28.2 Å². The van der Waals surface area contributed by atoms with Crippen molar-refractivity contribution in [3.63, 3.8) is 0 Å². The predicted molar refractivity (Wildman–Crippen MR) is 168 cm³/mol. The second kappa shape index (κ2) is 11.6.